The summed E-state index contributed by atoms with van der Waals surface area (Å²) in [7, 11) is 1.61. The zero-order valence-corrected chi connectivity index (χ0v) is 21.0. The number of para-hydroxylation sites is 2. The molecule has 0 aliphatic heterocycles. The van der Waals surface area contributed by atoms with Gasteiger partial charge in [-0.1, -0.05) is 24.3 Å². The number of carbonyl (C=O) groups is 1. The normalized spacial score (nSPS) is 11.7. The van der Waals surface area contributed by atoms with Crippen molar-refractivity contribution in [2.45, 2.75) is 26.4 Å². The summed E-state index contributed by atoms with van der Waals surface area (Å²) in [6, 6.07) is 13.5. The van der Waals surface area contributed by atoms with E-state index in [1.807, 2.05) is 38.1 Å². The van der Waals surface area contributed by atoms with Crippen LogP contribution in [0.15, 0.2) is 53.5 Å². The maximum atomic E-state index is 13.2. The molecule has 1 atom stereocenters. The Balaban J connectivity index is 0.00000512. The van der Waals surface area contributed by atoms with Gasteiger partial charge in [0.1, 0.15) is 11.9 Å². The van der Waals surface area contributed by atoms with Crippen molar-refractivity contribution in [2.75, 3.05) is 33.3 Å². The number of aliphatic imine (C=N–C) groups is 1. The highest BCUT2D eigenvalue weighted by atomic mass is 127. The highest BCUT2D eigenvalue weighted by molar-refractivity contribution is 14.0. The Morgan fingerprint density at radius 2 is 1.78 bits per heavy atom. The van der Waals surface area contributed by atoms with Crippen molar-refractivity contribution in [1.29, 1.82) is 0 Å². The van der Waals surface area contributed by atoms with E-state index in [-0.39, 0.29) is 48.2 Å². The van der Waals surface area contributed by atoms with Crippen LogP contribution in [0, 0.1) is 5.82 Å². The van der Waals surface area contributed by atoms with Gasteiger partial charge in [0.25, 0.3) is 0 Å². The first-order chi connectivity index (χ1) is 15.0. The minimum Gasteiger partial charge on any atom is -0.493 e. The average molecular weight is 558 g/mol. The molecule has 0 aliphatic rings. The number of carbonyl (C=O) groups excluding carboxylic acids is 1. The zero-order chi connectivity index (χ0) is 22.5. The molecule has 0 spiro atoms. The lowest BCUT2D eigenvalue weighted by atomic mass is 10.1. The van der Waals surface area contributed by atoms with Gasteiger partial charge in [-0.2, -0.15) is 0 Å². The number of rotatable bonds is 11. The third-order valence-corrected chi connectivity index (χ3v) is 4.24. The molecule has 2 aromatic rings. The van der Waals surface area contributed by atoms with Gasteiger partial charge < -0.3 is 25.4 Å². The molecule has 0 saturated heterocycles. The van der Waals surface area contributed by atoms with Crippen LogP contribution >= 0.6 is 24.0 Å². The Morgan fingerprint density at radius 1 is 1.06 bits per heavy atom. The minimum atomic E-state index is -0.345. The molecular weight excluding hydrogens is 526 g/mol. The predicted molar refractivity (Wildman–Crippen MR) is 136 cm³/mol. The first-order valence-electron chi connectivity index (χ1n) is 10.3. The van der Waals surface area contributed by atoms with Crippen LogP contribution in [-0.4, -0.2) is 51.3 Å². The predicted octanol–water partition coefficient (Wildman–Crippen LogP) is 3.13. The lowest BCUT2D eigenvalue weighted by molar-refractivity contribution is -0.120. The lowest BCUT2D eigenvalue weighted by Gasteiger charge is -2.17. The molecule has 0 fully saturated rings. The maximum Gasteiger partial charge on any atom is 0.224 e. The fraction of sp³-hybridized carbons (Fsp3) is 0.391. The molecule has 0 saturated carbocycles. The number of benzene rings is 2. The number of hydrogen-bond donors (Lipinski definition) is 3. The standard InChI is InChI=1S/C23H31FN4O3.HI/c1-4-25-23(28-16-17(2)31-21-11-6-5-10-20(21)30-3)27-13-12-26-22(29)15-18-8-7-9-19(24)14-18;/h5-11,14,17H,4,12-13,15-16H2,1-3H3,(H,26,29)(H2,25,27,28);1H. The fourth-order valence-corrected chi connectivity index (χ4v) is 2.81. The van der Waals surface area contributed by atoms with Crippen molar-refractivity contribution in [3.05, 3.63) is 59.9 Å². The molecule has 0 aromatic heterocycles. The summed E-state index contributed by atoms with van der Waals surface area (Å²) in [4.78, 5) is 16.5. The summed E-state index contributed by atoms with van der Waals surface area (Å²) in [6.07, 6.45) is -0.0123. The van der Waals surface area contributed by atoms with Gasteiger partial charge in [-0.3, -0.25) is 4.79 Å². The molecule has 32 heavy (non-hydrogen) atoms. The van der Waals surface area contributed by atoms with Gasteiger partial charge in [-0.15, -0.1) is 24.0 Å². The summed E-state index contributed by atoms with van der Waals surface area (Å²) in [6.45, 7) is 5.99. The number of amides is 1. The van der Waals surface area contributed by atoms with Crippen LogP contribution in [0.5, 0.6) is 11.5 Å². The van der Waals surface area contributed by atoms with Gasteiger partial charge >= 0.3 is 0 Å². The summed E-state index contributed by atoms with van der Waals surface area (Å²) < 4.78 is 24.4. The molecule has 0 radical (unpaired) electrons. The van der Waals surface area contributed by atoms with E-state index >= 15 is 0 Å². The van der Waals surface area contributed by atoms with E-state index in [0.717, 1.165) is 0 Å². The fourth-order valence-electron chi connectivity index (χ4n) is 2.81. The van der Waals surface area contributed by atoms with E-state index in [2.05, 4.69) is 20.9 Å². The molecule has 9 heteroatoms. The van der Waals surface area contributed by atoms with Crippen molar-refractivity contribution < 1.29 is 18.7 Å². The van der Waals surface area contributed by atoms with Crippen molar-refractivity contribution in [3.8, 4) is 11.5 Å². The van der Waals surface area contributed by atoms with Crippen molar-refractivity contribution in [2.24, 2.45) is 4.99 Å². The van der Waals surface area contributed by atoms with Crippen LogP contribution in [-0.2, 0) is 11.2 Å². The Hall–Kier alpha value is -2.56. The van der Waals surface area contributed by atoms with E-state index in [1.54, 1.807) is 19.2 Å². The Labute approximate surface area is 206 Å². The summed E-state index contributed by atoms with van der Waals surface area (Å²) >= 11 is 0. The van der Waals surface area contributed by atoms with Crippen molar-refractivity contribution in [1.82, 2.24) is 16.0 Å². The van der Waals surface area contributed by atoms with E-state index in [1.165, 1.54) is 12.1 Å². The quantitative estimate of drug-likeness (QED) is 0.171. The van der Waals surface area contributed by atoms with Crippen molar-refractivity contribution >= 4 is 35.8 Å². The van der Waals surface area contributed by atoms with Crippen molar-refractivity contribution in [3.63, 3.8) is 0 Å². The summed E-state index contributed by atoms with van der Waals surface area (Å²) in [5.74, 6) is 1.48. The Kier molecular flexibility index (Phi) is 13.1. The van der Waals surface area contributed by atoms with E-state index < -0.39 is 0 Å². The van der Waals surface area contributed by atoms with Crippen LogP contribution < -0.4 is 25.4 Å². The number of guanidine groups is 1. The van der Waals surface area contributed by atoms with Gasteiger partial charge in [0.05, 0.1) is 20.1 Å². The molecule has 3 N–H and O–H groups in total. The van der Waals surface area contributed by atoms with Crippen LogP contribution in [0.2, 0.25) is 0 Å². The number of nitrogens with one attached hydrogen (secondary N) is 3. The van der Waals surface area contributed by atoms with Gasteiger partial charge in [-0.05, 0) is 43.7 Å². The monoisotopic (exact) mass is 558 g/mol. The minimum absolute atomic E-state index is 0. The largest absolute Gasteiger partial charge is 0.493 e. The molecule has 0 aliphatic carbocycles. The second-order valence-corrected chi connectivity index (χ2v) is 6.88. The third kappa shape index (κ3) is 10.2. The van der Waals surface area contributed by atoms with E-state index in [9.17, 15) is 9.18 Å². The second kappa shape index (κ2) is 15.3. The zero-order valence-electron chi connectivity index (χ0n) is 18.7. The van der Waals surface area contributed by atoms with Crippen LogP contribution in [0.3, 0.4) is 0 Å². The first-order valence-corrected chi connectivity index (χ1v) is 10.3. The molecule has 1 unspecified atom stereocenters. The van der Waals surface area contributed by atoms with E-state index in [4.69, 9.17) is 9.47 Å². The molecule has 0 bridgehead atoms. The number of nitrogens with zero attached hydrogens (tertiary/aromatic N) is 1. The SMILES string of the molecule is CCNC(=NCC(C)Oc1ccccc1OC)NCCNC(=O)Cc1cccc(F)c1.I. The first kappa shape index (κ1) is 27.5. The average Bonchev–Trinajstić information content (AvgIpc) is 2.75. The topological polar surface area (TPSA) is 84.0 Å². The van der Waals surface area contributed by atoms with Gasteiger partial charge in [-0.25, -0.2) is 9.38 Å². The van der Waals surface area contributed by atoms with Crippen LogP contribution in [0.25, 0.3) is 0 Å². The Bertz CT molecular complexity index is 867. The number of methoxy groups -OCH3 is 1. The molecule has 0 heterocycles. The molecule has 1 amide bonds. The Morgan fingerprint density at radius 3 is 2.47 bits per heavy atom. The lowest BCUT2D eigenvalue weighted by Crippen LogP contribution is -2.42. The number of ether oxygens (including phenoxy) is 2. The molecule has 2 rings (SSSR count). The molecular formula is C23H32FIN4O3. The smallest absolute Gasteiger partial charge is 0.224 e. The van der Waals surface area contributed by atoms with Gasteiger partial charge in [0.2, 0.25) is 5.91 Å². The molecule has 7 nitrogen and oxygen atoms in total. The molecule has 2 aromatic carbocycles. The van der Waals surface area contributed by atoms with Gasteiger partial charge in [0.15, 0.2) is 17.5 Å². The van der Waals surface area contributed by atoms with Crippen LogP contribution in [0.1, 0.15) is 19.4 Å². The number of halogens is 2. The van der Waals surface area contributed by atoms with Crippen LogP contribution in [0.4, 0.5) is 4.39 Å². The second-order valence-electron chi connectivity index (χ2n) is 6.88. The number of hydrogen-bond acceptors (Lipinski definition) is 4. The molecule has 176 valence electrons. The van der Waals surface area contributed by atoms with Gasteiger partial charge in [0, 0.05) is 19.6 Å². The highest BCUT2D eigenvalue weighted by Crippen LogP contribution is 2.26. The maximum absolute atomic E-state index is 13.2. The van der Waals surface area contributed by atoms with E-state index in [0.29, 0.717) is 49.2 Å². The summed E-state index contributed by atoms with van der Waals surface area (Å²) in [5, 5.41) is 9.15. The third-order valence-electron chi connectivity index (χ3n) is 4.24. The summed E-state index contributed by atoms with van der Waals surface area (Å²) in [5.41, 5.74) is 0.643. The highest BCUT2D eigenvalue weighted by Gasteiger charge is 2.09.